The Kier molecular flexibility index (Phi) is 4.13. The van der Waals surface area contributed by atoms with E-state index >= 15 is 0 Å². The standard InChI is InChI=1S/C16H11Cl3N2O/c1-10-2-4-11(5-3-10)12-6-8-13(9-7-12)14-20-15(22-21-14)16(17,18)19/h2-9H,1H3. The van der Waals surface area contributed by atoms with E-state index in [-0.39, 0.29) is 5.89 Å². The molecule has 0 saturated carbocycles. The maximum Gasteiger partial charge on any atom is 0.279 e. The first-order valence-electron chi connectivity index (χ1n) is 6.52. The molecule has 0 fully saturated rings. The van der Waals surface area contributed by atoms with Crippen molar-refractivity contribution < 1.29 is 4.52 Å². The van der Waals surface area contributed by atoms with Gasteiger partial charge in [-0.2, -0.15) is 4.98 Å². The molecule has 3 rings (SSSR count). The summed E-state index contributed by atoms with van der Waals surface area (Å²) in [5.74, 6) is 0.340. The molecule has 0 unspecified atom stereocenters. The SMILES string of the molecule is Cc1ccc(-c2ccc(-c3noc(C(Cl)(Cl)Cl)n3)cc2)cc1. The fourth-order valence-electron chi connectivity index (χ4n) is 2.01. The molecular weight excluding hydrogens is 343 g/mol. The predicted molar refractivity (Wildman–Crippen MR) is 89.1 cm³/mol. The van der Waals surface area contributed by atoms with Crippen LogP contribution < -0.4 is 0 Å². The zero-order valence-electron chi connectivity index (χ0n) is 11.6. The second kappa shape index (κ2) is 5.92. The highest BCUT2D eigenvalue weighted by molar-refractivity contribution is 6.66. The molecule has 0 aliphatic carbocycles. The van der Waals surface area contributed by atoms with Crippen molar-refractivity contribution in [1.82, 2.24) is 10.1 Å². The summed E-state index contributed by atoms with van der Waals surface area (Å²) in [6.07, 6.45) is 0. The van der Waals surface area contributed by atoms with Gasteiger partial charge in [0, 0.05) is 5.56 Å². The Hall–Kier alpha value is -1.55. The molecule has 0 amide bonds. The molecule has 0 bridgehead atoms. The maximum atomic E-state index is 5.71. The molecule has 0 N–H and O–H groups in total. The average molecular weight is 354 g/mol. The number of aromatic nitrogens is 2. The molecular formula is C16H11Cl3N2O. The first kappa shape index (κ1) is 15.3. The molecule has 3 nitrogen and oxygen atoms in total. The third-order valence-electron chi connectivity index (χ3n) is 3.20. The molecule has 0 aliphatic heterocycles. The van der Waals surface area contributed by atoms with Crippen LogP contribution in [0.5, 0.6) is 0 Å². The van der Waals surface area contributed by atoms with E-state index in [0.717, 1.165) is 16.7 Å². The Balaban J connectivity index is 1.88. The third-order valence-corrected chi connectivity index (χ3v) is 3.68. The normalized spacial score (nSPS) is 11.6. The van der Waals surface area contributed by atoms with Crippen LogP contribution in [-0.4, -0.2) is 10.1 Å². The number of hydrogen-bond acceptors (Lipinski definition) is 3. The fourth-order valence-corrected chi connectivity index (χ4v) is 2.24. The van der Waals surface area contributed by atoms with Crippen LogP contribution in [0.15, 0.2) is 53.1 Å². The van der Waals surface area contributed by atoms with Crippen molar-refractivity contribution in [1.29, 1.82) is 0 Å². The lowest BCUT2D eigenvalue weighted by atomic mass is 10.0. The van der Waals surface area contributed by atoms with Crippen molar-refractivity contribution in [3.63, 3.8) is 0 Å². The number of halogens is 3. The lowest BCUT2D eigenvalue weighted by molar-refractivity contribution is 0.383. The van der Waals surface area contributed by atoms with Gasteiger partial charge in [-0.05, 0) is 18.1 Å². The third kappa shape index (κ3) is 3.27. The van der Waals surface area contributed by atoms with Gasteiger partial charge in [-0.15, -0.1) is 0 Å². The number of aryl methyl sites for hydroxylation is 1. The van der Waals surface area contributed by atoms with Gasteiger partial charge >= 0.3 is 0 Å². The van der Waals surface area contributed by atoms with Crippen LogP contribution in [0, 0.1) is 6.92 Å². The minimum absolute atomic E-state index is 0.0462. The van der Waals surface area contributed by atoms with E-state index in [2.05, 4.69) is 41.3 Å². The zero-order chi connectivity index (χ0) is 15.7. The Morgan fingerprint density at radius 1 is 0.818 bits per heavy atom. The minimum atomic E-state index is -1.72. The molecule has 0 atom stereocenters. The number of alkyl halides is 3. The summed E-state index contributed by atoms with van der Waals surface area (Å²) in [6, 6.07) is 16.1. The van der Waals surface area contributed by atoms with Crippen molar-refractivity contribution in [2.24, 2.45) is 0 Å². The quantitative estimate of drug-likeness (QED) is 0.568. The van der Waals surface area contributed by atoms with Gasteiger partial charge in [-0.25, -0.2) is 0 Å². The Morgan fingerprint density at radius 2 is 1.32 bits per heavy atom. The summed E-state index contributed by atoms with van der Waals surface area (Å²) >= 11 is 17.1. The number of hydrogen-bond donors (Lipinski definition) is 0. The molecule has 22 heavy (non-hydrogen) atoms. The van der Waals surface area contributed by atoms with Crippen LogP contribution in [0.1, 0.15) is 11.5 Å². The highest BCUT2D eigenvalue weighted by Gasteiger charge is 2.30. The molecule has 0 saturated heterocycles. The lowest BCUT2D eigenvalue weighted by Crippen LogP contribution is -1.99. The Morgan fingerprint density at radius 3 is 1.82 bits per heavy atom. The Bertz CT molecular complexity index is 774. The van der Waals surface area contributed by atoms with E-state index in [1.54, 1.807) is 0 Å². The van der Waals surface area contributed by atoms with Gasteiger partial charge in [0.25, 0.3) is 9.68 Å². The van der Waals surface area contributed by atoms with E-state index in [4.69, 9.17) is 39.3 Å². The summed E-state index contributed by atoms with van der Waals surface area (Å²) in [6.45, 7) is 2.06. The summed E-state index contributed by atoms with van der Waals surface area (Å²) in [5, 5.41) is 3.83. The summed E-state index contributed by atoms with van der Waals surface area (Å²) in [4.78, 5) is 4.09. The topological polar surface area (TPSA) is 38.9 Å². The first-order valence-corrected chi connectivity index (χ1v) is 7.65. The monoisotopic (exact) mass is 352 g/mol. The van der Waals surface area contributed by atoms with Crippen LogP contribution in [0.4, 0.5) is 0 Å². The van der Waals surface area contributed by atoms with Crippen LogP contribution in [0.3, 0.4) is 0 Å². The van der Waals surface area contributed by atoms with Crippen molar-refractivity contribution in [2.75, 3.05) is 0 Å². The molecule has 1 aromatic heterocycles. The van der Waals surface area contributed by atoms with Crippen LogP contribution >= 0.6 is 34.8 Å². The molecule has 1 heterocycles. The van der Waals surface area contributed by atoms with Gasteiger partial charge in [0.2, 0.25) is 5.82 Å². The number of nitrogens with zero attached hydrogens (tertiary/aromatic N) is 2. The minimum Gasteiger partial charge on any atom is -0.334 e. The molecule has 2 aromatic carbocycles. The van der Waals surface area contributed by atoms with Gasteiger partial charge in [-0.3, -0.25) is 0 Å². The summed E-state index contributed by atoms with van der Waals surface area (Å²) in [7, 11) is 0. The molecule has 112 valence electrons. The highest BCUT2D eigenvalue weighted by Crippen LogP contribution is 2.37. The highest BCUT2D eigenvalue weighted by atomic mass is 35.6. The lowest BCUT2D eigenvalue weighted by Gasteiger charge is -2.03. The maximum absolute atomic E-state index is 5.71. The van der Waals surface area contributed by atoms with E-state index in [1.165, 1.54) is 5.56 Å². The molecule has 3 aromatic rings. The van der Waals surface area contributed by atoms with Crippen molar-refractivity contribution in [3.8, 4) is 22.5 Å². The van der Waals surface area contributed by atoms with E-state index in [9.17, 15) is 0 Å². The second-order valence-electron chi connectivity index (χ2n) is 4.86. The van der Waals surface area contributed by atoms with Gasteiger partial charge in [0.15, 0.2) is 0 Å². The van der Waals surface area contributed by atoms with Crippen molar-refractivity contribution >= 4 is 34.8 Å². The van der Waals surface area contributed by atoms with Gasteiger partial charge in [0.1, 0.15) is 0 Å². The van der Waals surface area contributed by atoms with Crippen molar-refractivity contribution in [2.45, 2.75) is 10.7 Å². The molecule has 6 heteroatoms. The Labute approximate surface area is 142 Å². The molecule has 0 radical (unpaired) electrons. The van der Waals surface area contributed by atoms with E-state index < -0.39 is 3.79 Å². The summed E-state index contributed by atoms with van der Waals surface area (Å²) < 4.78 is 3.24. The smallest absolute Gasteiger partial charge is 0.279 e. The largest absolute Gasteiger partial charge is 0.334 e. The van der Waals surface area contributed by atoms with E-state index in [0.29, 0.717) is 5.82 Å². The first-order chi connectivity index (χ1) is 10.4. The van der Waals surface area contributed by atoms with Crippen LogP contribution in [0.2, 0.25) is 0 Å². The fraction of sp³-hybridized carbons (Fsp3) is 0.125. The number of benzene rings is 2. The van der Waals surface area contributed by atoms with E-state index in [1.807, 2.05) is 24.3 Å². The number of rotatable bonds is 2. The average Bonchev–Trinajstić information content (AvgIpc) is 2.98. The van der Waals surface area contributed by atoms with Gasteiger partial charge < -0.3 is 4.52 Å². The predicted octanol–water partition coefficient (Wildman–Crippen LogP) is 5.54. The molecule has 0 spiro atoms. The van der Waals surface area contributed by atoms with Crippen LogP contribution in [-0.2, 0) is 3.79 Å². The zero-order valence-corrected chi connectivity index (χ0v) is 13.8. The second-order valence-corrected chi connectivity index (χ2v) is 7.15. The van der Waals surface area contributed by atoms with Crippen LogP contribution in [0.25, 0.3) is 22.5 Å². The van der Waals surface area contributed by atoms with Crippen molar-refractivity contribution in [3.05, 3.63) is 60.0 Å². The van der Waals surface area contributed by atoms with Gasteiger partial charge in [0.05, 0.1) is 0 Å². The van der Waals surface area contributed by atoms with Gasteiger partial charge in [-0.1, -0.05) is 94.1 Å². The summed E-state index contributed by atoms with van der Waals surface area (Å²) in [5.41, 5.74) is 4.27. The molecule has 0 aliphatic rings.